The Bertz CT molecular complexity index is 687. The molecule has 0 bridgehead atoms. The summed E-state index contributed by atoms with van der Waals surface area (Å²) in [6.07, 6.45) is 3.63. The number of hydrogen-bond donors (Lipinski definition) is 2. The quantitative estimate of drug-likeness (QED) is 0.825. The summed E-state index contributed by atoms with van der Waals surface area (Å²) in [6, 6.07) is 9.48. The number of pyridine rings is 1. The highest BCUT2D eigenvalue weighted by Crippen LogP contribution is 2.30. The van der Waals surface area contributed by atoms with Gasteiger partial charge in [-0.15, -0.1) is 0 Å². The molecule has 0 radical (unpaired) electrons. The van der Waals surface area contributed by atoms with Crippen molar-refractivity contribution in [3.05, 3.63) is 46.6 Å². The van der Waals surface area contributed by atoms with Crippen molar-refractivity contribution in [3.8, 4) is 0 Å². The van der Waals surface area contributed by atoms with Crippen LogP contribution in [-0.2, 0) is 11.2 Å². The number of nitrogens with zero attached hydrogens (tertiary/aromatic N) is 2. The molecule has 1 amide bonds. The van der Waals surface area contributed by atoms with Crippen LogP contribution in [-0.4, -0.2) is 24.0 Å². The van der Waals surface area contributed by atoms with Gasteiger partial charge < -0.3 is 16.0 Å². The minimum absolute atomic E-state index is 0.0786. The number of nitrogens with one attached hydrogen (secondary N) is 1. The van der Waals surface area contributed by atoms with E-state index in [1.807, 2.05) is 24.3 Å². The van der Waals surface area contributed by atoms with Crippen LogP contribution in [0.5, 0.6) is 0 Å². The van der Waals surface area contributed by atoms with Crippen molar-refractivity contribution >= 4 is 39.0 Å². The van der Waals surface area contributed by atoms with E-state index in [1.165, 1.54) is 0 Å². The maximum absolute atomic E-state index is 12.2. The normalized spacial score (nSPS) is 13.6. The Hall–Kier alpha value is -2.08. The summed E-state index contributed by atoms with van der Waals surface area (Å²) in [7, 11) is 0. The van der Waals surface area contributed by atoms with E-state index in [1.54, 1.807) is 12.3 Å². The summed E-state index contributed by atoms with van der Waals surface area (Å²) in [6.45, 7) is 1.16. The molecule has 2 aromatic rings. The van der Waals surface area contributed by atoms with E-state index in [2.05, 4.69) is 31.1 Å². The average Bonchev–Trinajstić information content (AvgIpc) is 2.51. The first-order chi connectivity index (χ1) is 10.6. The molecule has 1 aliphatic rings. The van der Waals surface area contributed by atoms with Crippen molar-refractivity contribution in [2.24, 2.45) is 0 Å². The highest BCUT2D eigenvalue weighted by molar-refractivity contribution is 9.10. The topological polar surface area (TPSA) is 71.2 Å². The van der Waals surface area contributed by atoms with E-state index >= 15 is 0 Å². The van der Waals surface area contributed by atoms with Crippen molar-refractivity contribution < 1.29 is 4.79 Å². The number of carbonyl (C=O) groups excluding carboxylic acids is 1. The van der Waals surface area contributed by atoms with Crippen LogP contribution < -0.4 is 16.0 Å². The van der Waals surface area contributed by atoms with Crippen LogP contribution in [0.4, 0.5) is 17.2 Å². The van der Waals surface area contributed by atoms with Crippen LogP contribution in [0.1, 0.15) is 12.0 Å². The molecule has 0 atom stereocenters. The van der Waals surface area contributed by atoms with Crippen molar-refractivity contribution in [2.75, 3.05) is 29.0 Å². The Labute approximate surface area is 137 Å². The SMILES string of the molecule is Nc1cccc2c1CCCN2CC(=O)Nc1ccc(Br)cn1. The number of amides is 1. The van der Waals surface area contributed by atoms with Gasteiger partial charge in [-0.05, 0) is 58.6 Å². The van der Waals surface area contributed by atoms with Crippen molar-refractivity contribution in [1.82, 2.24) is 4.98 Å². The van der Waals surface area contributed by atoms with E-state index in [0.29, 0.717) is 12.4 Å². The van der Waals surface area contributed by atoms with Crippen LogP contribution in [0.3, 0.4) is 0 Å². The van der Waals surface area contributed by atoms with Crippen LogP contribution in [0, 0.1) is 0 Å². The lowest BCUT2D eigenvalue weighted by Crippen LogP contribution is -2.37. The monoisotopic (exact) mass is 360 g/mol. The van der Waals surface area contributed by atoms with E-state index in [9.17, 15) is 4.79 Å². The van der Waals surface area contributed by atoms with Gasteiger partial charge in [-0.1, -0.05) is 6.07 Å². The number of benzene rings is 1. The highest BCUT2D eigenvalue weighted by atomic mass is 79.9. The number of aromatic nitrogens is 1. The highest BCUT2D eigenvalue weighted by Gasteiger charge is 2.20. The molecule has 0 fully saturated rings. The lowest BCUT2D eigenvalue weighted by atomic mass is 10.00. The van der Waals surface area contributed by atoms with E-state index in [4.69, 9.17) is 5.73 Å². The van der Waals surface area contributed by atoms with Gasteiger partial charge in [0.2, 0.25) is 5.91 Å². The molecule has 0 spiro atoms. The van der Waals surface area contributed by atoms with Crippen molar-refractivity contribution in [2.45, 2.75) is 12.8 Å². The Morgan fingerprint density at radius 1 is 1.36 bits per heavy atom. The number of nitrogen functional groups attached to an aromatic ring is 1. The molecule has 0 unspecified atom stereocenters. The number of hydrogen-bond acceptors (Lipinski definition) is 4. The van der Waals surface area contributed by atoms with Gasteiger partial charge in [0.15, 0.2) is 0 Å². The molecule has 3 rings (SSSR count). The molecular formula is C16H17BrN4O. The molecule has 3 N–H and O–H groups in total. The van der Waals surface area contributed by atoms with Crippen LogP contribution in [0.25, 0.3) is 0 Å². The second-order valence-electron chi connectivity index (χ2n) is 5.28. The fourth-order valence-electron chi connectivity index (χ4n) is 2.70. The number of carbonyl (C=O) groups is 1. The summed E-state index contributed by atoms with van der Waals surface area (Å²) < 4.78 is 0.880. The molecule has 0 aliphatic carbocycles. The third-order valence-corrected chi connectivity index (χ3v) is 4.18. The first-order valence-electron chi connectivity index (χ1n) is 7.17. The predicted octanol–water partition coefficient (Wildman–Crippen LogP) is 2.82. The number of rotatable bonds is 3. The lowest BCUT2D eigenvalue weighted by molar-refractivity contribution is -0.115. The molecule has 5 nitrogen and oxygen atoms in total. The number of fused-ring (bicyclic) bond motifs is 1. The van der Waals surface area contributed by atoms with Gasteiger partial charge in [-0.25, -0.2) is 4.98 Å². The number of anilines is 3. The molecule has 114 valence electrons. The summed E-state index contributed by atoms with van der Waals surface area (Å²) in [5.74, 6) is 0.475. The molecule has 1 aromatic carbocycles. The molecule has 22 heavy (non-hydrogen) atoms. The third-order valence-electron chi connectivity index (χ3n) is 3.71. The number of nitrogens with two attached hydrogens (primary N) is 1. The minimum Gasteiger partial charge on any atom is -0.398 e. The van der Waals surface area contributed by atoms with Gasteiger partial charge in [0.1, 0.15) is 5.82 Å². The molecule has 2 heterocycles. The smallest absolute Gasteiger partial charge is 0.245 e. The molecule has 6 heteroatoms. The van der Waals surface area contributed by atoms with Gasteiger partial charge in [0.05, 0.1) is 6.54 Å². The van der Waals surface area contributed by atoms with E-state index in [0.717, 1.165) is 40.8 Å². The van der Waals surface area contributed by atoms with Crippen molar-refractivity contribution in [1.29, 1.82) is 0 Å². The predicted molar refractivity (Wildman–Crippen MR) is 92.0 cm³/mol. The lowest BCUT2D eigenvalue weighted by Gasteiger charge is -2.31. The van der Waals surface area contributed by atoms with E-state index < -0.39 is 0 Å². The molecular weight excluding hydrogens is 344 g/mol. The maximum atomic E-state index is 12.2. The van der Waals surface area contributed by atoms with Crippen LogP contribution in [0.15, 0.2) is 41.0 Å². The summed E-state index contributed by atoms with van der Waals surface area (Å²) in [4.78, 5) is 18.4. The van der Waals surface area contributed by atoms with Gasteiger partial charge in [-0.2, -0.15) is 0 Å². The standard InChI is InChI=1S/C16H17BrN4O/c17-11-6-7-15(19-9-11)20-16(22)10-21-8-2-3-12-13(18)4-1-5-14(12)21/h1,4-7,9H,2-3,8,10,18H2,(H,19,20,22). The Balaban J connectivity index is 1.70. The Kier molecular flexibility index (Phi) is 4.29. The molecule has 0 saturated heterocycles. The zero-order valence-electron chi connectivity index (χ0n) is 12.1. The summed E-state index contributed by atoms with van der Waals surface area (Å²) >= 11 is 3.32. The first kappa shape index (κ1) is 14.8. The zero-order valence-corrected chi connectivity index (χ0v) is 13.6. The summed E-state index contributed by atoms with van der Waals surface area (Å²) in [5.41, 5.74) is 9.04. The molecule has 0 saturated carbocycles. The second kappa shape index (κ2) is 6.36. The fraction of sp³-hybridized carbons (Fsp3) is 0.250. The first-order valence-corrected chi connectivity index (χ1v) is 7.96. The fourth-order valence-corrected chi connectivity index (χ4v) is 2.93. The summed E-state index contributed by atoms with van der Waals surface area (Å²) in [5, 5.41) is 2.82. The van der Waals surface area contributed by atoms with Gasteiger partial charge in [0, 0.05) is 28.6 Å². The van der Waals surface area contributed by atoms with E-state index in [-0.39, 0.29) is 5.91 Å². The zero-order chi connectivity index (χ0) is 15.5. The minimum atomic E-state index is -0.0786. The average molecular weight is 361 g/mol. The van der Waals surface area contributed by atoms with Crippen LogP contribution in [0.2, 0.25) is 0 Å². The molecule has 1 aliphatic heterocycles. The maximum Gasteiger partial charge on any atom is 0.245 e. The number of halogens is 1. The Morgan fingerprint density at radius 2 is 2.23 bits per heavy atom. The van der Waals surface area contributed by atoms with Gasteiger partial charge in [-0.3, -0.25) is 4.79 Å². The third kappa shape index (κ3) is 3.22. The van der Waals surface area contributed by atoms with Gasteiger partial charge >= 0.3 is 0 Å². The largest absolute Gasteiger partial charge is 0.398 e. The Morgan fingerprint density at radius 3 is 3.00 bits per heavy atom. The van der Waals surface area contributed by atoms with Crippen molar-refractivity contribution in [3.63, 3.8) is 0 Å². The second-order valence-corrected chi connectivity index (χ2v) is 6.20. The molecule has 1 aromatic heterocycles. The van der Waals surface area contributed by atoms with Gasteiger partial charge in [0.25, 0.3) is 0 Å². The van der Waals surface area contributed by atoms with Crippen LogP contribution >= 0.6 is 15.9 Å².